The summed E-state index contributed by atoms with van der Waals surface area (Å²) in [6.45, 7) is 0. The Kier molecular flexibility index (Phi) is 2.83. The number of hydrogen-bond donors (Lipinski definition) is 1. The summed E-state index contributed by atoms with van der Waals surface area (Å²) >= 11 is 5.70. The number of nitrogen functional groups attached to an aromatic ring is 1. The van der Waals surface area contributed by atoms with Crippen molar-refractivity contribution in [1.82, 2.24) is 4.98 Å². The molecule has 2 heterocycles. The van der Waals surface area contributed by atoms with Crippen LogP contribution in [0.5, 0.6) is 0 Å². The average Bonchev–Trinajstić information content (AvgIpc) is 2.54. The van der Waals surface area contributed by atoms with E-state index in [0.29, 0.717) is 11.1 Å². The smallest absolute Gasteiger partial charge is 0.134 e. The Morgan fingerprint density at radius 3 is 3.00 bits per heavy atom. The first kappa shape index (κ1) is 8.72. The van der Waals surface area contributed by atoms with Crippen molar-refractivity contribution < 1.29 is 0 Å². The molecular weight excluding hydrogens is 208 g/mol. The van der Waals surface area contributed by atoms with Gasteiger partial charge in [0.1, 0.15) is 10.8 Å². The molecule has 0 spiro atoms. The van der Waals surface area contributed by atoms with Crippen molar-refractivity contribution in [2.75, 3.05) is 23.0 Å². The summed E-state index contributed by atoms with van der Waals surface area (Å²) in [4.78, 5) is 4.30. The Morgan fingerprint density at radius 2 is 2.42 bits per heavy atom. The van der Waals surface area contributed by atoms with Crippen molar-refractivity contribution in [2.24, 2.45) is 0 Å². The Bertz CT molecular complexity index is 255. The topological polar surface area (TPSA) is 38.9 Å². The second kappa shape index (κ2) is 3.89. The van der Waals surface area contributed by atoms with Gasteiger partial charge in [0, 0.05) is 22.6 Å². The van der Waals surface area contributed by atoms with Crippen molar-refractivity contribution in [1.29, 1.82) is 0 Å². The highest BCUT2D eigenvalue weighted by molar-refractivity contribution is 8.06. The molecule has 1 aliphatic rings. The highest BCUT2D eigenvalue weighted by atomic mass is 32.2. The molecule has 1 aliphatic heterocycles. The van der Waals surface area contributed by atoms with Gasteiger partial charge in [-0.05, 0) is 0 Å². The maximum Gasteiger partial charge on any atom is 0.134 e. The summed E-state index contributed by atoms with van der Waals surface area (Å²) in [5.41, 5.74) is 5.57. The van der Waals surface area contributed by atoms with Gasteiger partial charge in [-0.2, -0.15) is 11.8 Å². The van der Waals surface area contributed by atoms with Crippen LogP contribution in [-0.2, 0) is 0 Å². The van der Waals surface area contributed by atoms with E-state index in [1.165, 1.54) is 22.3 Å². The molecular formula is C7H10N2S3. The monoisotopic (exact) mass is 218 g/mol. The molecule has 12 heavy (non-hydrogen) atoms. The van der Waals surface area contributed by atoms with E-state index in [4.69, 9.17) is 5.73 Å². The van der Waals surface area contributed by atoms with Crippen LogP contribution in [0.1, 0.15) is 10.3 Å². The lowest BCUT2D eigenvalue weighted by Crippen LogP contribution is -2.06. The number of thiazole rings is 1. The summed E-state index contributed by atoms with van der Waals surface area (Å²) in [5, 5.41) is 3.71. The zero-order valence-electron chi connectivity index (χ0n) is 6.53. The first-order chi connectivity index (χ1) is 5.86. The lowest BCUT2D eigenvalue weighted by molar-refractivity contribution is 1.07. The van der Waals surface area contributed by atoms with Gasteiger partial charge in [-0.1, -0.05) is 0 Å². The van der Waals surface area contributed by atoms with Crippen molar-refractivity contribution in [3.63, 3.8) is 0 Å². The standard InChI is InChI=1S/C7H10N2S3/c8-6-4-12-7(9-6)5-3-10-1-2-11-5/h4-5H,1-3,8H2. The van der Waals surface area contributed by atoms with Crippen LogP contribution in [0.25, 0.3) is 0 Å². The molecule has 2 rings (SSSR count). The summed E-state index contributed by atoms with van der Waals surface area (Å²) in [6, 6.07) is 0. The lowest BCUT2D eigenvalue weighted by Gasteiger charge is -2.18. The fraction of sp³-hybridized carbons (Fsp3) is 0.571. The van der Waals surface area contributed by atoms with Gasteiger partial charge in [-0.15, -0.1) is 23.1 Å². The fourth-order valence-electron chi connectivity index (χ4n) is 1.08. The van der Waals surface area contributed by atoms with E-state index in [1.807, 2.05) is 28.9 Å². The Hall–Kier alpha value is 0.130. The van der Waals surface area contributed by atoms with Crippen molar-refractivity contribution in [3.8, 4) is 0 Å². The molecule has 1 atom stereocenters. The number of hydrogen-bond acceptors (Lipinski definition) is 5. The lowest BCUT2D eigenvalue weighted by atomic mass is 10.5. The van der Waals surface area contributed by atoms with E-state index in [9.17, 15) is 0 Å². The zero-order valence-corrected chi connectivity index (χ0v) is 8.97. The second-order valence-corrected chi connectivity index (χ2v) is 5.90. The van der Waals surface area contributed by atoms with E-state index >= 15 is 0 Å². The van der Waals surface area contributed by atoms with Gasteiger partial charge in [0.05, 0.1) is 5.25 Å². The number of anilines is 1. The normalized spacial score (nSPS) is 24.2. The fourth-order valence-corrected chi connectivity index (χ4v) is 4.79. The molecule has 0 radical (unpaired) electrons. The summed E-state index contributed by atoms with van der Waals surface area (Å²) in [6.07, 6.45) is 0. The third-order valence-electron chi connectivity index (χ3n) is 1.63. The molecule has 1 unspecified atom stereocenters. The molecule has 0 bridgehead atoms. The number of nitrogens with two attached hydrogens (primary N) is 1. The third-order valence-corrected chi connectivity index (χ3v) is 5.52. The van der Waals surface area contributed by atoms with Crippen LogP contribution in [0.15, 0.2) is 5.38 Å². The molecule has 1 saturated heterocycles. The van der Waals surface area contributed by atoms with Gasteiger partial charge in [0.2, 0.25) is 0 Å². The first-order valence-electron chi connectivity index (χ1n) is 3.76. The summed E-state index contributed by atoms with van der Waals surface area (Å²) in [7, 11) is 0. The maximum absolute atomic E-state index is 5.57. The van der Waals surface area contributed by atoms with E-state index in [2.05, 4.69) is 4.98 Å². The highest BCUT2D eigenvalue weighted by Crippen LogP contribution is 2.38. The van der Waals surface area contributed by atoms with Crippen LogP contribution in [0.4, 0.5) is 5.82 Å². The van der Waals surface area contributed by atoms with Gasteiger partial charge in [-0.3, -0.25) is 0 Å². The van der Waals surface area contributed by atoms with E-state index < -0.39 is 0 Å². The largest absolute Gasteiger partial charge is 0.383 e. The molecule has 66 valence electrons. The van der Waals surface area contributed by atoms with E-state index in [-0.39, 0.29) is 0 Å². The Balaban J connectivity index is 2.08. The van der Waals surface area contributed by atoms with Crippen LogP contribution in [0.3, 0.4) is 0 Å². The van der Waals surface area contributed by atoms with Gasteiger partial charge in [0.25, 0.3) is 0 Å². The van der Waals surface area contributed by atoms with Crippen molar-refractivity contribution in [2.45, 2.75) is 5.25 Å². The van der Waals surface area contributed by atoms with Gasteiger partial charge >= 0.3 is 0 Å². The minimum atomic E-state index is 0.589. The Labute approximate surface area is 84.3 Å². The van der Waals surface area contributed by atoms with Gasteiger partial charge < -0.3 is 5.73 Å². The van der Waals surface area contributed by atoms with E-state index in [1.54, 1.807) is 11.3 Å². The summed E-state index contributed by atoms with van der Waals surface area (Å²) in [5.74, 6) is 4.39. The van der Waals surface area contributed by atoms with Crippen LogP contribution in [0, 0.1) is 0 Å². The minimum absolute atomic E-state index is 0.589. The third kappa shape index (κ3) is 1.89. The van der Waals surface area contributed by atoms with Gasteiger partial charge in [-0.25, -0.2) is 4.98 Å². The molecule has 5 heteroatoms. The minimum Gasteiger partial charge on any atom is -0.383 e. The van der Waals surface area contributed by atoms with Crippen LogP contribution in [-0.4, -0.2) is 22.2 Å². The van der Waals surface area contributed by atoms with Crippen LogP contribution < -0.4 is 5.73 Å². The van der Waals surface area contributed by atoms with Gasteiger partial charge in [0.15, 0.2) is 0 Å². The molecule has 0 aliphatic carbocycles. The first-order valence-corrected chi connectivity index (χ1v) is 6.85. The number of aromatic nitrogens is 1. The molecule has 1 fully saturated rings. The quantitative estimate of drug-likeness (QED) is 0.784. The predicted octanol–water partition coefficient (Wildman–Crippen LogP) is 2.25. The van der Waals surface area contributed by atoms with Crippen molar-refractivity contribution in [3.05, 3.63) is 10.4 Å². The van der Waals surface area contributed by atoms with E-state index in [0.717, 1.165) is 0 Å². The van der Waals surface area contributed by atoms with Crippen molar-refractivity contribution >= 4 is 40.7 Å². The number of nitrogens with zero attached hydrogens (tertiary/aromatic N) is 1. The maximum atomic E-state index is 5.57. The molecule has 2 N–H and O–H groups in total. The zero-order chi connectivity index (χ0) is 8.39. The van der Waals surface area contributed by atoms with Crippen LogP contribution in [0.2, 0.25) is 0 Å². The number of rotatable bonds is 1. The average molecular weight is 218 g/mol. The predicted molar refractivity (Wildman–Crippen MR) is 59.1 cm³/mol. The SMILES string of the molecule is Nc1csc(C2CSCCS2)n1. The number of thioether (sulfide) groups is 2. The molecule has 1 aromatic heterocycles. The Morgan fingerprint density at radius 1 is 1.50 bits per heavy atom. The molecule has 2 nitrogen and oxygen atoms in total. The molecule has 0 amide bonds. The highest BCUT2D eigenvalue weighted by Gasteiger charge is 2.18. The molecule has 1 aromatic rings. The second-order valence-electron chi connectivity index (χ2n) is 2.54. The molecule has 0 aromatic carbocycles. The van der Waals surface area contributed by atoms with Crippen LogP contribution >= 0.6 is 34.9 Å². The molecule has 0 saturated carbocycles. The summed E-state index contributed by atoms with van der Waals surface area (Å²) < 4.78 is 0.